The van der Waals surface area contributed by atoms with Gasteiger partial charge in [-0.25, -0.2) is 4.98 Å². The van der Waals surface area contributed by atoms with E-state index in [4.69, 9.17) is 4.98 Å². The summed E-state index contributed by atoms with van der Waals surface area (Å²) in [7, 11) is 0. The monoisotopic (exact) mass is 384 g/mol. The van der Waals surface area contributed by atoms with Crippen molar-refractivity contribution in [3.63, 3.8) is 0 Å². The molecule has 1 N–H and O–H groups in total. The van der Waals surface area contributed by atoms with Crippen molar-refractivity contribution in [2.75, 3.05) is 5.32 Å². The molecule has 0 radical (unpaired) electrons. The van der Waals surface area contributed by atoms with Crippen molar-refractivity contribution in [1.29, 1.82) is 0 Å². The summed E-state index contributed by atoms with van der Waals surface area (Å²) in [6.07, 6.45) is 0. The van der Waals surface area contributed by atoms with Gasteiger partial charge >= 0.3 is 0 Å². The molecule has 4 heteroatoms. The number of anilines is 1. The second-order valence-corrected chi connectivity index (χ2v) is 9.19. The summed E-state index contributed by atoms with van der Waals surface area (Å²) in [6.45, 7) is 6.49. The Morgan fingerprint density at radius 2 is 1.61 bits per heavy atom. The lowest BCUT2D eigenvalue weighted by Crippen LogP contribution is -2.14. The zero-order chi connectivity index (χ0) is 19.5. The van der Waals surface area contributed by atoms with Crippen LogP contribution in [0.3, 0.4) is 0 Å². The van der Waals surface area contributed by atoms with Crippen LogP contribution in [-0.4, -0.2) is 10.9 Å². The van der Waals surface area contributed by atoms with E-state index in [1.807, 2.05) is 24.3 Å². The molecular weight excluding hydrogens is 364 g/mol. The maximum absolute atomic E-state index is 12.7. The van der Waals surface area contributed by atoms with Crippen molar-refractivity contribution < 1.29 is 4.79 Å². The molecule has 1 amide bonds. The van der Waals surface area contributed by atoms with Crippen LogP contribution in [0.1, 0.15) is 36.7 Å². The summed E-state index contributed by atoms with van der Waals surface area (Å²) >= 11 is 1.54. The summed E-state index contributed by atoms with van der Waals surface area (Å²) in [6, 6.07) is 20.4. The van der Waals surface area contributed by atoms with Gasteiger partial charge in [0.2, 0.25) is 0 Å². The number of carbonyl (C=O) groups is 1. The number of carbonyl (C=O) groups excluding carboxylic acids is 1. The van der Waals surface area contributed by atoms with E-state index >= 15 is 0 Å². The Hall–Kier alpha value is -2.98. The van der Waals surface area contributed by atoms with Crippen LogP contribution in [-0.2, 0) is 5.41 Å². The van der Waals surface area contributed by atoms with Gasteiger partial charge in [0.25, 0.3) is 5.91 Å². The first kappa shape index (κ1) is 17.1. The molecule has 0 saturated carbocycles. The molecule has 4 aromatic rings. The molecule has 1 aromatic heterocycles. The lowest BCUT2D eigenvalue weighted by molar-refractivity contribution is 0.102. The average Bonchev–Trinajstić information content (AvgIpc) is 3.21. The molecule has 1 heterocycles. The van der Waals surface area contributed by atoms with Gasteiger partial charge in [-0.1, -0.05) is 80.6 Å². The third-order valence-corrected chi connectivity index (χ3v) is 6.27. The number of rotatable bonds is 2. The Kier molecular flexibility index (Phi) is 3.68. The van der Waals surface area contributed by atoms with E-state index in [1.165, 1.54) is 33.2 Å². The normalized spacial score (nSPS) is 12.2. The van der Waals surface area contributed by atoms with Crippen LogP contribution in [0, 0.1) is 0 Å². The molecule has 1 aliphatic rings. The quantitative estimate of drug-likeness (QED) is 0.378. The molecule has 138 valence electrons. The minimum absolute atomic E-state index is 0.0690. The standard InChI is InChI=1S/C24H20N2OS/c1-24(2,3)16-12-10-15(11-13-16)22(27)26-23-25-20-17-8-4-6-14-7-5-9-18(19(14)17)21(20)28-23/h4-13H,1-3H3,(H,25,26,27). The zero-order valence-corrected chi connectivity index (χ0v) is 16.9. The fourth-order valence-corrected chi connectivity index (χ4v) is 4.76. The predicted molar refractivity (Wildman–Crippen MR) is 117 cm³/mol. The van der Waals surface area contributed by atoms with Crippen LogP contribution in [0.15, 0.2) is 60.7 Å². The number of aromatic nitrogens is 1. The van der Waals surface area contributed by atoms with E-state index in [1.54, 1.807) is 0 Å². The van der Waals surface area contributed by atoms with Gasteiger partial charge in [0.05, 0.1) is 10.6 Å². The third-order valence-electron chi connectivity index (χ3n) is 5.27. The van der Waals surface area contributed by atoms with E-state index in [0.29, 0.717) is 10.7 Å². The fraction of sp³-hybridized carbons (Fsp3) is 0.167. The number of thiazole rings is 1. The number of hydrogen-bond donors (Lipinski definition) is 1. The van der Waals surface area contributed by atoms with Crippen LogP contribution in [0.4, 0.5) is 5.13 Å². The first-order chi connectivity index (χ1) is 13.4. The zero-order valence-electron chi connectivity index (χ0n) is 16.0. The van der Waals surface area contributed by atoms with Crippen molar-refractivity contribution in [1.82, 2.24) is 4.98 Å². The summed E-state index contributed by atoms with van der Waals surface area (Å²) in [4.78, 5) is 18.6. The fourth-order valence-electron chi connectivity index (χ4n) is 3.76. The van der Waals surface area contributed by atoms with Crippen molar-refractivity contribution in [2.24, 2.45) is 0 Å². The number of amides is 1. The first-order valence-electron chi connectivity index (χ1n) is 9.37. The van der Waals surface area contributed by atoms with Crippen LogP contribution < -0.4 is 5.32 Å². The number of benzene rings is 3. The highest BCUT2D eigenvalue weighted by Gasteiger charge is 2.26. The lowest BCUT2D eigenvalue weighted by Gasteiger charge is -2.18. The smallest absolute Gasteiger partial charge is 0.257 e. The molecule has 0 atom stereocenters. The molecular formula is C24H20N2OS. The van der Waals surface area contributed by atoms with Gasteiger partial charge in [-0.3, -0.25) is 10.1 Å². The molecule has 1 aliphatic carbocycles. The number of nitrogens with one attached hydrogen (secondary N) is 1. The van der Waals surface area contributed by atoms with Crippen LogP contribution in [0.2, 0.25) is 0 Å². The van der Waals surface area contributed by atoms with Crippen molar-refractivity contribution in [2.45, 2.75) is 26.2 Å². The lowest BCUT2D eigenvalue weighted by atomic mass is 9.87. The predicted octanol–water partition coefficient (Wildman–Crippen LogP) is 6.49. The molecule has 5 rings (SSSR count). The summed E-state index contributed by atoms with van der Waals surface area (Å²) in [5, 5.41) is 6.10. The van der Waals surface area contributed by atoms with Crippen molar-refractivity contribution in [3.05, 3.63) is 71.8 Å². The minimum atomic E-state index is -0.126. The summed E-state index contributed by atoms with van der Waals surface area (Å²) in [5.41, 5.74) is 5.24. The van der Waals surface area contributed by atoms with Gasteiger partial charge < -0.3 is 0 Å². The second kappa shape index (κ2) is 6.01. The van der Waals surface area contributed by atoms with Crippen molar-refractivity contribution >= 4 is 33.1 Å². The second-order valence-electron chi connectivity index (χ2n) is 8.19. The molecule has 3 nitrogen and oxygen atoms in total. The minimum Gasteiger partial charge on any atom is -0.298 e. The molecule has 0 fully saturated rings. The molecule has 0 aliphatic heterocycles. The summed E-state index contributed by atoms with van der Waals surface area (Å²) < 4.78 is 0. The highest BCUT2D eigenvalue weighted by Crippen LogP contribution is 2.50. The Morgan fingerprint density at radius 3 is 2.29 bits per heavy atom. The van der Waals surface area contributed by atoms with E-state index < -0.39 is 0 Å². The average molecular weight is 385 g/mol. The van der Waals surface area contributed by atoms with Crippen molar-refractivity contribution in [3.8, 4) is 21.7 Å². The Morgan fingerprint density at radius 1 is 0.929 bits per heavy atom. The third kappa shape index (κ3) is 2.64. The van der Waals surface area contributed by atoms with Crippen LogP contribution in [0.25, 0.3) is 32.5 Å². The van der Waals surface area contributed by atoms with E-state index in [2.05, 4.69) is 62.5 Å². The van der Waals surface area contributed by atoms with Gasteiger partial charge in [0.1, 0.15) is 0 Å². The van der Waals surface area contributed by atoms with E-state index in [0.717, 1.165) is 16.1 Å². The molecule has 0 saturated heterocycles. The van der Waals surface area contributed by atoms with Gasteiger partial charge in [0, 0.05) is 16.7 Å². The Balaban J connectivity index is 1.45. The maximum Gasteiger partial charge on any atom is 0.257 e. The number of fused-ring (bicyclic) bond motifs is 3. The van der Waals surface area contributed by atoms with Gasteiger partial charge in [-0.2, -0.15) is 0 Å². The molecule has 28 heavy (non-hydrogen) atoms. The highest BCUT2D eigenvalue weighted by molar-refractivity contribution is 7.20. The molecule has 0 unspecified atom stereocenters. The van der Waals surface area contributed by atoms with Crippen LogP contribution >= 0.6 is 11.3 Å². The molecule has 0 bridgehead atoms. The Labute approximate surface area is 168 Å². The number of hydrogen-bond acceptors (Lipinski definition) is 3. The van der Waals surface area contributed by atoms with E-state index in [-0.39, 0.29) is 11.3 Å². The maximum atomic E-state index is 12.7. The largest absolute Gasteiger partial charge is 0.298 e. The Bertz CT molecular complexity index is 1170. The van der Waals surface area contributed by atoms with Gasteiger partial charge in [-0.05, 0) is 33.9 Å². The van der Waals surface area contributed by atoms with Gasteiger partial charge in [-0.15, -0.1) is 0 Å². The molecule has 3 aromatic carbocycles. The van der Waals surface area contributed by atoms with Gasteiger partial charge in [0.15, 0.2) is 5.13 Å². The van der Waals surface area contributed by atoms with Crippen LogP contribution in [0.5, 0.6) is 0 Å². The van der Waals surface area contributed by atoms with E-state index in [9.17, 15) is 4.79 Å². The summed E-state index contributed by atoms with van der Waals surface area (Å²) in [5.74, 6) is -0.126. The topological polar surface area (TPSA) is 42.0 Å². The SMILES string of the molecule is CC(C)(C)c1ccc(C(=O)Nc2nc3c(s2)-c2cccc4cccc-3c24)cc1. The number of nitrogens with zero attached hydrogens (tertiary/aromatic N) is 1. The highest BCUT2D eigenvalue weighted by atomic mass is 32.1. The first-order valence-corrected chi connectivity index (χ1v) is 10.2. The molecule has 0 spiro atoms.